The Kier molecular flexibility index (Phi) is 4.04. The predicted octanol–water partition coefficient (Wildman–Crippen LogP) is 2.39. The fraction of sp³-hybridized carbons (Fsp3) is 0.462. The van der Waals surface area contributed by atoms with Crippen molar-refractivity contribution in [2.24, 2.45) is 0 Å². The lowest BCUT2D eigenvalue weighted by Crippen LogP contribution is -2.22. The molecular formula is C13H19N3O2. The summed E-state index contributed by atoms with van der Waals surface area (Å²) >= 11 is 0. The molecule has 0 atom stereocenters. The van der Waals surface area contributed by atoms with Crippen LogP contribution in [0.2, 0.25) is 0 Å². The fourth-order valence-corrected chi connectivity index (χ4v) is 1.57. The van der Waals surface area contributed by atoms with Crippen molar-refractivity contribution >= 4 is 0 Å². The van der Waals surface area contributed by atoms with E-state index in [0.29, 0.717) is 25.1 Å². The standard InChI is InChI=1S/C13H19N3O2/c1-9(2)14-7-12-11(4-5-17-12)8-18-13-6-10(3)15-16-13/h4-6,9,14H,7-8H2,1-3H3,(H,15,16). The van der Waals surface area contributed by atoms with Gasteiger partial charge in [0.15, 0.2) is 0 Å². The number of nitrogens with one attached hydrogen (secondary N) is 2. The minimum Gasteiger partial charge on any atom is -0.472 e. The molecule has 0 aliphatic carbocycles. The molecule has 0 fully saturated rings. The van der Waals surface area contributed by atoms with E-state index in [1.807, 2.05) is 19.1 Å². The SMILES string of the molecule is Cc1cc(OCc2ccoc2CNC(C)C)n[nH]1. The van der Waals surface area contributed by atoms with Crippen LogP contribution in [0.25, 0.3) is 0 Å². The van der Waals surface area contributed by atoms with Crippen LogP contribution in [0.4, 0.5) is 0 Å². The number of hydrogen-bond acceptors (Lipinski definition) is 4. The largest absolute Gasteiger partial charge is 0.472 e. The molecule has 2 aromatic heterocycles. The average Bonchev–Trinajstić information content (AvgIpc) is 2.92. The minimum absolute atomic E-state index is 0.429. The summed E-state index contributed by atoms with van der Waals surface area (Å²) < 4.78 is 11.0. The lowest BCUT2D eigenvalue weighted by atomic mass is 10.2. The van der Waals surface area contributed by atoms with E-state index >= 15 is 0 Å². The van der Waals surface area contributed by atoms with Gasteiger partial charge in [0.2, 0.25) is 5.88 Å². The molecule has 0 bridgehead atoms. The maximum absolute atomic E-state index is 5.59. The van der Waals surface area contributed by atoms with Gasteiger partial charge in [-0.05, 0) is 13.0 Å². The molecule has 5 heteroatoms. The number of hydrogen-bond donors (Lipinski definition) is 2. The highest BCUT2D eigenvalue weighted by atomic mass is 16.5. The second kappa shape index (κ2) is 5.73. The highest BCUT2D eigenvalue weighted by Gasteiger charge is 2.08. The van der Waals surface area contributed by atoms with E-state index in [0.717, 1.165) is 17.0 Å². The number of furan rings is 1. The third-order valence-electron chi connectivity index (χ3n) is 2.57. The normalized spacial score (nSPS) is 11.1. The molecule has 2 rings (SSSR count). The van der Waals surface area contributed by atoms with Gasteiger partial charge >= 0.3 is 0 Å². The van der Waals surface area contributed by atoms with E-state index in [2.05, 4.69) is 29.4 Å². The van der Waals surface area contributed by atoms with Gasteiger partial charge in [0.25, 0.3) is 0 Å². The van der Waals surface area contributed by atoms with Crippen LogP contribution in [-0.2, 0) is 13.2 Å². The number of aryl methyl sites for hydroxylation is 1. The highest BCUT2D eigenvalue weighted by Crippen LogP contribution is 2.15. The van der Waals surface area contributed by atoms with Crippen molar-refractivity contribution in [1.29, 1.82) is 0 Å². The van der Waals surface area contributed by atoms with Crippen molar-refractivity contribution in [3.8, 4) is 5.88 Å². The van der Waals surface area contributed by atoms with E-state index in [1.54, 1.807) is 6.26 Å². The molecule has 0 aromatic carbocycles. The zero-order valence-electron chi connectivity index (χ0n) is 11.0. The van der Waals surface area contributed by atoms with Gasteiger partial charge in [0.05, 0.1) is 12.8 Å². The van der Waals surface area contributed by atoms with E-state index in [-0.39, 0.29) is 0 Å². The Morgan fingerprint density at radius 2 is 2.33 bits per heavy atom. The average molecular weight is 249 g/mol. The summed E-state index contributed by atoms with van der Waals surface area (Å²) in [5, 5.41) is 10.2. The number of rotatable bonds is 6. The molecule has 0 spiro atoms. The summed E-state index contributed by atoms with van der Waals surface area (Å²) in [4.78, 5) is 0. The highest BCUT2D eigenvalue weighted by molar-refractivity contribution is 5.18. The molecule has 2 N–H and O–H groups in total. The van der Waals surface area contributed by atoms with E-state index < -0.39 is 0 Å². The van der Waals surface area contributed by atoms with Gasteiger partial charge in [-0.3, -0.25) is 5.10 Å². The van der Waals surface area contributed by atoms with Crippen LogP contribution >= 0.6 is 0 Å². The van der Waals surface area contributed by atoms with Crippen LogP contribution in [-0.4, -0.2) is 16.2 Å². The van der Waals surface area contributed by atoms with Gasteiger partial charge in [-0.15, -0.1) is 5.10 Å². The minimum atomic E-state index is 0.429. The van der Waals surface area contributed by atoms with E-state index in [1.165, 1.54) is 0 Å². The third-order valence-corrected chi connectivity index (χ3v) is 2.57. The zero-order chi connectivity index (χ0) is 13.0. The van der Waals surface area contributed by atoms with Gasteiger partial charge in [-0.2, -0.15) is 0 Å². The molecule has 0 amide bonds. The van der Waals surface area contributed by atoms with E-state index in [4.69, 9.17) is 9.15 Å². The third kappa shape index (κ3) is 3.37. The van der Waals surface area contributed by atoms with Gasteiger partial charge in [0, 0.05) is 23.4 Å². The van der Waals surface area contributed by atoms with Gasteiger partial charge in [0.1, 0.15) is 12.4 Å². The van der Waals surface area contributed by atoms with Crippen LogP contribution in [0.5, 0.6) is 5.88 Å². The Morgan fingerprint density at radius 3 is 3.00 bits per heavy atom. The molecule has 18 heavy (non-hydrogen) atoms. The van der Waals surface area contributed by atoms with Gasteiger partial charge < -0.3 is 14.5 Å². The fourth-order valence-electron chi connectivity index (χ4n) is 1.57. The summed E-state index contributed by atoms with van der Waals surface area (Å²) in [5.41, 5.74) is 2.03. The van der Waals surface area contributed by atoms with Crippen molar-refractivity contribution in [3.05, 3.63) is 35.4 Å². The van der Waals surface area contributed by atoms with E-state index in [9.17, 15) is 0 Å². The lowest BCUT2D eigenvalue weighted by molar-refractivity contribution is 0.289. The summed E-state index contributed by atoms with van der Waals surface area (Å²) in [6.45, 7) is 7.33. The summed E-state index contributed by atoms with van der Waals surface area (Å²) in [7, 11) is 0. The smallest absolute Gasteiger partial charge is 0.233 e. The van der Waals surface area contributed by atoms with Crippen molar-refractivity contribution in [2.45, 2.75) is 40.0 Å². The molecule has 0 saturated carbocycles. The predicted molar refractivity (Wildman–Crippen MR) is 68.3 cm³/mol. The van der Waals surface area contributed by atoms with Crippen molar-refractivity contribution < 1.29 is 9.15 Å². The molecule has 0 radical (unpaired) electrons. The molecule has 0 unspecified atom stereocenters. The van der Waals surface area contributed by atoms with Crippen LogP contribution in [0.1, 0.15) is 30.9 Å². The number of aromatic nitrogens is 2. The second-order valence-corrected chi connectivity index (χ2v) is 4.58. The Balaban J connectivity index is 1.91. The summed E-state index contributed by atoms with van der Waals surface area (Å²) in [6, 6.07) is 4.22. The van der Waals surface area contributed by atoms with Crippen LogP contribution in [0.15, 0.2) is 22.8 Å². The molecular weight excluding hydrogens is 230 g/mol. The van der Waals surface area contributed by atoms with Gasteiger partial charge in [-0.1, -0.05) is 13.8 Å². The molecule has 0 aliphatic heterocycles. The quantitative estimate of drug-likeness (QED) is 0.825. The summed E-state index contributed by atoms with van der Waals surface area (Å²) in [6.07, 6.45) is 1.69. The topological polar surface area (TPSA) is 63.1 Å². The van der Waals surface area contributed by atoms with Crippen molar-refractivity contribution in [1.82, 2.24) is 15.5 Å². The molecule has 2 heterocycles. The Morgan fingerprint density at radius 1 is 1.50 bits per heavy atom. The first-order chi connectivity index (χ1) is 8.65. The first kappa shape index (κ1) is 12.7. The Bertz CT molecular complexity index is 488. The molecule has 98 valence electrons. The second-order valence-electron chi connectivity index (χ2n) is 4.58. The monoisotopic (exact) mass is 249 g/mol. The zero-order valence-corrected chi connectivity index (χ0v) is 11.0. The lowest BCUT2D eigenvalue weighted by Gasteiger charge is -2.08. The van der Waals surface area contributed by atoms with Crippen LogP contribution in [0.3, 0.4) is 0 Å². The van der Waals surface area contributed by atoms with Crippen molar-refractivity contribution in [3.63, 3.8) is 0 Å². The first-order valence-electron chi connectivity index (χ1n) is 6.08. The molecule has 0 aliphatic rings. The van der Waals surface area contributed by atoms with Crippen LogP contribution in [0, 0.1) is 6.92 Å². The maximum atomic E-state index is 5.59. The molecule has 0 saturated heterocycles. The van der Waals surface area contributed by atoms with Gasteiger partial charge in [-0.25, -0.2) is 0 Å². The number of ether oxygens (including phenoxy) is 1. The Hall–Kier alpha value is -1.75. The summed E-state index contributed by atoms with van der Waals surface area (Å²) in [5.74, 6) is 1.52. The maximum Gasteiger partial charge on any atom is 0.233 e. The number of H-pyrrole nitrogens is 1. The first-order valence-corrected chi connectivity index (χ1v) is 6.08. The number of aromatic amines is 1. The number of nitrogens with zero attached hydrogens (tertiary/aromatic N) is 1. The Labute approximate surface area is 107 Å². The van der Waals surface area contributed by atoms with Crippen LogP contribution < -0.4 is 10.1 Å². The molecule has 2 aromatic rings. The molecule has 5 nitrogen and oxygen atoms in total. The van der Waals surface area contributed by atoms with Crippen molar-refractivity contribution in [2.75, 3.05) is 0 Å².